The number of hydrogen-bond acceptors (Lipinski definition) is 2. The van der Waals surface area contributed by atoms with Crippen molar-refractivity contribution in [3.63, 3.8) is 0 Å². The highest BCUT2D eigenvalue weighted by Gasteiger charge is 2.44. The van der Waals surface area contributed by atoms with E-state index in [0.29, 0.717) is 5.92 Å². The van der Waals surface area contributed by atoms with Crippen LogP contribution in [0.15, 0.2) is 0 Å². The van der Waals surface area contributed by atoms with Gasteiger partial charge in [-0.2, -0.15) is 0 Å². The Hall–Kier alpha value is -0.570. The van der Waals surface area contributed by atoms with Gasteiger partial charge in [0.15, 0.2) is 5.78 Å². The van der Waals surface area contributed by atoms with E-state index in [1.165, 1.54) is 0 Å². The van der Waals surface area contributed by atoms with Crippen LogP contribution >= 0.6 is 11.6 Å². The summed E-state index contributed by atoms with van der Waals surface area (Å²) in [5.74, 6) is 0.00443. The average Bonchev–Trinajstić information content (AvgIpc) is 2.31. The zero-order valence-corrected chi connectivity index (χ0v) is 11.1. The Bertz CT molecular complexity index is 278. The predicted molar refractivity (Wildman–Crippen MR) is 67.3 cm³/mol. The number of halogens is 1. The van der Waals surface area contributed by atoms with Crippen LogP contribution in [0.4, 0.5) is 0 Å². The number of ketones is 1. The van der Waals surface area contributed by atoms with Gasteiger partial charge in [0.2, 0.25) is 0 Å². The second kappa shape index (κ2) is 7.00. The third-order valence-electron chi connectivity index (χ3n) is 3.64. The SMILES string of the molecule is CC1C(Cl)C(=O)C1CCCCCCCC(=O)O. The van der Waals surface area contributed by atoms with E-state index in [4.69, 9.17) is 16.7 Å². The maximum atomic E-state index is 11.4. The highest BCUT2D eigenvalue weighted by molar-refractivity contribution is 6.34. The lowest BCUT2D eigenvalue weighted by atomic mass is 9.70. The fourth-order valence-corrected chi connectivity index (χ4v) is 2.72. The molecule has 3 nitrogen and oxygen atoms in total. The van der Waals surface area contributed by atoms with Crippen molar-refractivity contribution >= 4 is 23.4 Å². The van der Waals surface area contributed by atoms with Crippen LogP contribution in [-0.2, 0) is 9.59 Å². The predicted octanol–water partition coefficient (Wildman–Crippen LogP) is 3.24. The number of rotatable bonds is 8. The number of aliphatic carboxylic acids is 1. The van der Waals surface area contributed by atoms with Crippen LogP contribution in [0.25, 0.3) is 0 Å². The molecule has 4 heteroatoms. The minimum atomic E-state index is -0.716. The maximum Gasteiger partial charge on any atom is 0.303 e. The topological polar surface area (TPSA) is 54.4 Å². The Kier molecular flexibility index (Phi) is 5.96. The van der Waals surface area contributed by atoms with Gasteiger partial charge in [-0.3, -0.25) is 9.59 Å². The lowest BCUT2D eigenvalue weighted by Gasteiger charge is -2.37. The van der Waals surface area contributed by atoms with Crippen LogP contribution in [-0.4, -0.2) is 22.2 Å². The molecule has 98 valence electrons. The van der Waals surface area contributed by atoms with E-state index < -0.39 is 5.97 Å². The summed E-state index contributed by atoms with van der Waals surface area (Å²) < 4.78 is 0. The summed E-state index contributed by atoms with van der Waals surface area (Å²) in [7, 11) is 0. The van der Waals surface area contributed by atoms with Gasteiger partial charge in [-0.25, -0.2) is 0 Å². The fraction of sp³-hybridized carbons (Fsp3) is 0.846. The van der Waals surface area contributed by atoms with Crippen LogP contribution in [0, 0.1) is 11.8 Å². The number of alkyl halides is 1. The van der Waals surface area contributed by atoms with Crippen molar-refractivity contribution in [1.82, 2.24) is 0 Å². The van der Waals surface area contributed by atoms with Crippen molar-refractivity contribution in [1.29, 1.82) is 0 Å². The molecule has 17 heavy (non-hydrogen) atoms. The number of Topliss-reactive ketones (excluding diaryl/α,β-unsaturated/α-hetero) is 1. The number of hydrogen-bond donors (Lipinski definition) is 1. The molecule has 1 fully saturated rings. The monoisotopic (exact) mass is 260 g/mol. The Labute approximate surface area is 108 Å². The van der Waals surface area contributed by atoms with Gasteiger partial charge in [0.25, 0.3) is 0 Å². The molecule has 1 N–H and O–H groups in total. The molecule has 0 aliphatic heterocycles. The molecule has 1 aliphatic carbocycles. The van der Waals surface area contributed by atoms with E-state index in [1.807, 2.05) is 6.92 Å². The average molecular weight is 261 g/mol. The van der Waals surface area contributed by atoms with Crippen molar-refractivity contribution in [3.8, 4) is 0 Å². The molecule has 1 rings (SSSR count). The zero-order valence-electron chi connectivity index (χ0n) is 10.3. The summed E-state index contributed by atoms with van der Waals surface area (Å²) in [4.78, 5) is 21.7. The first kappa shape index (κ1) is 14.5. The van der Waals surface area contributed by atoms with Crippen molar-refractivity contribution in [3.05, 3.63) is 0 Å². The molecule has 0 heterocycles. The van der Waals surface area contributed by atoms with E-state index in [0.717, 1.165) is 38.5 Å². The van der Waals surface area contributed by atoms with Gasteiger partial charge in [-0.15, -0.1) is 11.6 Å². The number of carboxylic acid groups (broad SMARTS) is 1. The highest BCUT2D eigenvalue weighted by Crippen LogP contribution is 2.38. The smallest absolute Gasteiger partial charge is 0.303 e. The van der Waals surface area contributed by atoms with Gasteiger partial charge in [0, 0.05) is 12.3 Å². The van der Waals surface area contributed by atoms with Gasteiger partial charge in [-0.05, 0) is 18.8 Å². The summed E-state index contributed by atoms with van der Waals surface area (Å²) in [5.41, 5.74) is 0. The molecule has 0 bridgehead atoms. The molecular weight excluding hydrogens is 240 g/mol. The molecule has 0 aromatic heterocycles. The van der Waals surface area contributed by atoms with Crippen LogP contribution in [0.2, 0.25) is 0 Å². The number of unbranched alkanes of at least 4 members (excludes halogenated alkanes) is 4. The normalized spacial score (nSPS) is 27.9. The molecule has 1 aliphatic rings. The summed E-state index contributed by atoms with van der Waals surface area (Å²) in [6, 6.07) is 0. The van der Waals surface area contributed by atoms with Crippen molar-refractivity contribution in [2.24, 2.45) is 11.8 Å². The fourth-order valence-electron chi connectivity index (χ4n) is 2.38. The second-order valence-corrected chi connectivity index (χ2v) is 5.44. The van der Waals surface area contributed by atoms with Crippen LogP contribution in [0.1, 0.15) is 51.9 Å². The molecule has 3 atom stereocenters. The van der Waals surface area contributed by atoms with Crippen LogP contribution < -0.4 is 0 Å². The Morgan fingerprint density at radius 3 is 2.41 bits per heavy atom. The number of carboxylic acids is 1. The third kappa shape index (κ3) is 4.30. The molecule has 0 saturated heterocycles. The molecular formula is C13H21ClO3. The highest BCUT2D eigenvalue weighted by atomic mass is 35.5. The lowest BCUT2D eigenvalue weighted by Crippen LogP contribution is -2.47. The van der Waals surface area contributed by atoms with Crippen LogP contribution in [0.5, 0.6) is 0 Å². The molecule has 0 radical (unpaired) electrons. The summed E-state index contributed by atoms with van der Waals surface area (Å²) in [6.07, 6.45) is 6.15. The molecule has 0 aromatic rings. The second-order valence-electron chi connectivity index (χ2n) is 4.97. The van der Waals surface area contributed by atoms with Crippen molar-refractivity contribution in [2.45, 2.75) is 57.2 Å². The zero-order chi connectivity index (χ0) is 12.8. The standard InChI is InChI=1S/C13H21ClO3/c1-9-10(13(17)12(9)14)7-5-3-2-4-6-8-11(15)16/h9-10,12H,2-8H2,1H3,(H,15,16). The Morgan fingerprint density at radius 2 is 1.82 bits per heavy atom. The maximum absolute atomic E-state index is 11.4. The molecule has 0 amide bonds. The molecule has 3 unspecified atom stereocenters. The van der Waals surface area contributed by atoms with Crippen molar-refractivity contribution in [2.75, 3.05) is 0 Å². The molecule has 1 saturated carbocycles. The molecule has 0 spiro atoms. The summed E-state index contributed by atoms with van der Waals surface area (Å²) in [6.45, 7) is 2.04. The van der Waals surface area contributed by atoms with E-state index in [1.54, 1.807) is 0 Å². The minimum Gasteiger partial charge on any atom is -0.481 e. The first-order chi connectivity index (χ1) is 8.04. The van der Waals surface area contributed by atoms with Gasteiger partial charge in [0.1, 0.15) is 0 Å². The first-order valence-corrected chi connectivity index (χ1v) is 6.87. The van der Waals surface area contributed by atoms with Crippen molar-refractivity contribution < 1.29 is 14.7 Å². The number of carbonyl (C=O) groups excluding carboxylic acids is 1. The number of carbonyl (C=O) groups is 2. The van der Waals surface area contributed by atoms with Gasteiger partial charge < -0.3 is 5.11 Å². The summed E-state index contributed by atoms with van der Waals surface area (Å²) in [5, 5.41) is 8.21. The third-order valence-corrected chi connectivity index (χ3v) is 4.25. The lowest BCUT2D eigenvalue weighted by molar-refractivity contribution is -0.137. The van der Waals surface area contributed by atoms with E-state index in [-0.39, 0.29) is 23.5 Å². The van der Waals surface area contributed by atoms with Gasteiger partial charge >= 0.3 is 5.97 Å². The van der Waals surface area contributed by atoms with E-state index >= 15 is 0 Å². The first-order valence-electron chi connectivity index (χ1n) is 6.43. The Balaban J connectivity index is 1.95. The van der Waals surface area contributed by atoms with Gasteiger partial charge in [0.05, 0.1) is 5.38 Å². The van der Waals surface area contributed by atoms with E-state index in [2.05, 4.69) is 0 Å². The van der Waals surface area contributed by atoms with Gasteiger partial charge in [-0.1, -0.05) is 32.6 Å². The minimum absolute atomic E-state index is 0.177. The Morgan fingerprint density at radius 1 is 1.24 bits per heavy atom. The largest absolute Gasteiger partial charge is 0.481 e. The quantitative estimate of drug-likeness (QED) is 0.538. The molecule has 0 aromatic carbocycles. The van der Waals surface area contributed by atoms with Crippen LogP contribution in [0.3, 0.4) is 0 Å². The van der Waals surface area contributed by atoms with E-state index in [9.17, 15) is 9.59 Å². The summed E-state index contributed by atoms with van der Waals surface area (Å²) >= 11 is 5.85.